The second-order valence-corrected chi connectivity index (χ2v) is 5.39. The maximum absolute atomic E-state index is 13.3. The average Bonchev–Trinajstić information content (AvgIpc) is 2.47. The molecule has 0 saturated carbocycles. The van der Waals surface area contributed by atoms with Crippen LogP contribution in [0.25, 0.3) is 0 Å². The van der Waals surface area contributed by atoms with Gasteiger partial charge in [0.15, 0.2) is 0 Å². The van der Waals surface area contributed by atoms with Gasteiger partial charge in [0, 0.05) is 5.54 Å². The topological polar surface area (TPSA) is 85.2 Å². The molecule has 1 heterocycles. The lowest BCUT2D eigenvalue weighted by molar-refractivity contribution is 0.161. The van der Waals surface area contributed by atoms with Gasteiger partial charge in [-0.3, -0.25) is 0 Å². The van der Waals surface area contributed by atoms with Crippen molar-refractivity contribution in [2.24, 2.45) is 0 Å². The van der Waals surface area contributed by atoms with Crippen LogP contribution in [0.1, 0.15) is 30.4 Å². The summed E-state index contributed by atoms with van der Waals surface area (Å²) in [5, 5.41) is 23.7. The van der Waals surface area contributed by atoms with Crippen LogP contribution in [-0.4, -0.2) is 29.8 Å². The molecular formula is C15H19ClFN3O2. The lowest BCUT2D eigenvalue weighted by atomic mass is 9.83. The Bertz CT molecular complexity index is 568. The van der Waals surface area contributed by atoms with Gasteiger partial charge in [0.05, 0.1) is 5.56 Å². The number of nitriles is 1. The molecule has 0 radical (unpaired) electrons. The van der Waals surface area contributed by atoms with Gasteiger partial charge >= 0.3 is 6.09 Å². The van der Waals surface area contributed by atoms with Crippen molar-refractivity contribution in [1.82, 2.24) is 10.6 Å². The number of carboxylic acid groups (broad SMARTS) is 1. The van der Waals surface area contributed by atoms with Gasteiger partial charge in [0.1, 0.15) is 11.9 Å². The molecule has 0 spiro atoms. The van der Waals surface area contributed by atoms with Crippen molar-refractivity contribution in [2.45, 2.75) is 31.2 Å². The lowest BCUT2D eigenvalue weighted by Crippen LogP contribution is -2.54. The van der Waals surface area contributed by atoms with E-state index in [9.17, 15) is 9.18 Å². The standard InChI is InChI=1S/C15H18FN3O2.ClH/c16-13-2-1-11(9-12(13)10-17)3-4-15(19-14(20)21)5-7-18-8-6-15;/h1-2,9,18-19H,3-8H2,(H,20,21);1H. The molecule has 7 heteroatoms. The zero-order valence-corrected chi connectivity index (χ0v) is 12.9. The highest BCUT2D eigenvalue weighted by atomic mass is 35.5. The first kappa shape index (κ1) is 18.2. The molecule has 1 aromatic rings. The summed E-state index contributed by atoms with van der Waals surface area (Å²) in [5.74, 6) is -0.526. The molecule has 0 aliphatic carbocycles. The third-order valence-electron chi connectivity index (χ3n) is 3.98. The van der Waals surface area contributed by atoms with Crippen molar-refractivity contribution < 1.29 is 14.3 Å². The van der Waals surface area contributed by atoms with Crippen LogP contribution in [0.5, 0.6) is 0 Å². The molecule has 0 unspecified atom stereocenters. The van der Waals surface area contributed by atoms with E-state index in [1.807, 2.05) is 6.07 Å². The molecule has 0 atom stereocenters. The SMILES string of the molecule is Cl.N#Cc1cc(CCC2(NC(=O)O)CCNCC2)ccc1F. The molecule has 0 aromatic heterocycles. The van der Waals surface area contributed by atoms with Crippen LogP contribution in [0.2, 0.25) is 0 Å². The minimum atomic E-state index is -1.02. The van der Waals surface area contributed by atoms with Crippen LogP contribution in [0.4, 0.5) is 9.18 Å². The summed E-state index contributed by atoms with van der Waals surface area (Å²) in [6, 6.07) is 6.28. The monoisotopic (exact) mass is 327 g/mol. The summed E-state index contributed by atoms with van der Waals surface area (Å²) in [4.78, 5) is 11.0. The first-order chi connectivity index (χ1) is 10.0. The molecule has 5 nitrogen and oxygen atoms in total. The van der Waals surface area contributed by atoms with E-state index in [1.54, 1.807) is 6.07 Å². The Morgan fingerprint density at radius 3 is 2.73 bits per heavy atom. The van der Waals surface area contributed by atoms with E-state index < -0.39 is 17.4 Å². The van der Waals surface area contributed by atoms with Crippen LogP contribution in [0.15, 0.2) is 18.2 Å². The molecule has 1 aliphatic rings. The summed E-state index contributed by atoms with van der Waals surface area (Å²) in [6.07, 6.45) is 1.68. The van der Waals surface area contributed by atoms with Crippen LogP contribution in [0.3, 0.4) is 0 Å². The Kier molecular flexibility index (Phi) is 6.60. The zero-order valence-electron chi connectivity index (χ0n) is 12.1. The fraction of sp³-hybridized carbons (Fsp3) is 0.467. The molecule has 2 rings (SSSR count). The van der Waals surface area contributed by atoms with Crippen LogP contribution < -0.4 is 10.6 Å². The van der Waals surface area contributed by atoms with Crippen molar-refractivity contribution in [1.29, 1.82) is 5.26 Å². The molecule has 1 aliphatic heterocycles. The summed E-state index contributed by atoms with van der Waals surface area (Å²) in [7, 11) is 0. The van der Waals surface area contributed by atoms with Crippen molar-refractivity contribution >= 4 is 18.5 Å². The zero-order chi connectivity index (χ0) is 15.3. The van der Waals surface area contributed by atoms with Crippen LogP contribution in [0, 0.1) is 17.1 Å². The van der Waals surface area contributed by atoms with Crippen molar-refractivity contribution in [3.05, 3.63) is 35.1 Å². The molecule has 3 N–H and O–H groups in total. The lowest BCUT2D eigenvalue weighted by Gasteiger charge is -2.37. The molecule has 120 valence electrons. The van der Waals surface area contributed by atoms with Crippen molar-refractivity contribution in [2.75, 3.05) is 13.1 Å². The van der Waals surface area contributed by atoms with E-state index in [2.05, 4.69) is 10.6 Å². The van der Waals surface area contributed by atoms with E-state index in [0.717, 1.165) is 31.5 Å². The highest BCUT2D eigenvalue weighted by molar-refractivity contribution is 5.85. The number of amides is 1. The fourth-order valence-corrected chi connectivity index (χ4v) is 2.77. The first-order valence-corrected chi connectivity index (χ1v) is 6.95. The van der Waals surface area contributed by atoms with Crippen molar-refractivity contribution in [3.63, 3.8) is 0 Å². The number of nitrogens with zero attached hydrogens (tertiary/aromatic N) is 1. The van der Waals surface area contributed by atoms with E-state index in [0.29, 0.717) is 12.8 Å². The molecular weight excluding hydrogens is 309 g/mol. The number of carbonyl (C=O) groups is 1. The predicted molar refractivity (Wildman–Crippen MR) is 82.7 cm³/mol. The van der Waals surface area contributed by atoms with E-state index in [1.165, 1.54) is 12.1 Å². The minimum Gasteiger partial charge on any atom is -0.465 e. The molecule has 1 saturated heterocycles. The smallest absolute Gasteiger partial charge is 0.405 e. The number of hydrogen-bond donors (Lipinski definition) is 3. The van der Waals surface area contributed by atoms with Gasteiger partial charge < -0.3 is 15.7 Å². The van der Waals surface area contributed by atoms with Gasteiger partial charge in [0.25, 0.3) is 0 Å². The molecule has 1 fully saturated rings. The Labute approximate surface area is 134 Å². The largest absolute Gasteiger partial charge is 0.465 e. The molecule has 1 aromatic carbocycles. The number of piperidine rings is 1. The number of hydrogen-bond acceptors (Lipinski definition) is 3. The molecule has 0 bridgehead atoms. The van der Waals surface area contributed by atoms with Gasteiger partial charge in [-0.25, -0.2) is 9.18 Å². The highest BCUT2D eigenvalue weighted by Gasteiger charge is 2.33. The van der Waals surface area contributed by atoms with E-state index >= 15 is 0 Å². The average molecular weight is 328 g/mol. The van der Waals surface area contributed by atoms with Gasteiger partial charge in [-0.1, -0.05) is 6.07 Å². The van der Waals surface area contributed by atoms with Gasteiger partial charge in [-0.2, -0.15) is 5.26 Å². The summed E-state index contributed by atoms with van der Waals surface area (Å²) < 4.78 is 13.3. The van der Waals surface area contributed by atoms with Gasteiger partial charge in [-0.05, 0) is 56.5 Å². The second-order valence-electron chi connectivity index (χ2n) is 5.39. The van der Waals surface area contributed by atoms with Crippen LogP contribution >= 0.6 is 12.4 Å². The maximum atomic E-state index is 13.3. The third kappa shape index (κ3) is 4.58. The summed E-state index contributed by atoms with van der Waals surface area (Å²) in [6.45, 7) is 1.54. The minimum absolute atomic E-state index is 0. The predicted octanol–water partition coefficient (Wildman–Crippen LogP) is 2.44. The van der Waals surface area contributed by atoms with Crippen molar-refractivity contribution in [3.8, 4) is 6.07 Å². The summed E-state index contributed by atoms with van der Waals surface area (Å²) in [5.41, 5.74) is 0.425. The number of rotatable bonds is 4. The fourth-order valence-electron chi connectivity index (χ4n) is 2.77. The Morgan fingerprint density at radius 1 is 1.45 bits per heavy atom. The van der Waals surface area contributed by atoms with Crippen LogP contribution in [-0.2, 0) is 6.42 Å². The highest BCUT2D eigenvalue weighted by Crippen LogP contribution is 2.25. The maximum Gasteiger partial charge on any atom is 0.405 e. The number of benzene rings is 1. The first-order valence-electron chi connectivity index (χ1n) is 6.95. The third-order valence-corrected chi connectivity index (χ3v) is 3.98. The number of halogens is 2. The molecule has 1 amide bonds. The number of nitrogens with one attached hydrogen (secondary N) is 2. The Morgan fingerprint density at radius 2 is 2.14 bits per heavy atom. The van der Waals surface area contributed by atoms with E-state index in [4.69, 9.17) is 10.4 Å². The van der Waals surface area contributed by atoms with E-state index in [-0.39, 0.29) is 18.0 Å². The Hall–Kier alpha value is -1.84. The Balaban J connectivity index is 0.00000242. The number of aryl methyl sites for hydroxylation is 1. The normalized spacial score (nSPS) is 16.2. The summed E-state index contributed by atoms with van der Waals surface area (Å²) >= 11 is 0. The molecule has 22 heavy (non-hydrogen) atoms. The van der Waals surface area contributed by atoms with Gasteiger partial charge in [0.2, 0.25) is 0 Å². The van der Waals surface area contributed by atoms with Gasteiger partial charge in [-0.15, -0.1) is 12.4 Å². The quantitative estimate of drug-likeness (QED) is 0.793. The second kappa shape index (κ2) is 7.97.